The number of rotatable bonds is 6. The maximum atomic E-state index is 5.12. The molecule has 98 valence electrons. The van der Waals surface area contributed by atoms with Gasteiger partial charge in [-0.1, -0.05) is 13.8 Å². The summed E-state index contributed by atoms with van der Waals surface area (Å²) in [6, 6.07) is 0. The summed E-state index contributed by atoms with van der Waals surface area (Å²) in [5, 5.41) is 0. The van der Waals surface area contributed by atoms with Crippen LogP contribution in [0.1, 0.15) is 33.1 Å². The summed E-state index contributed by atoms with van der Waals surface area (Å²) in [5.41, 5.74) is 0. The van der Waals surface area contributed by atoms with Gasteiger partial charge in [0.05, 0.1) is 6.61 Å². The van der Waals surface area contributed by atoms with Gasteiger partial charge in [0.25, 0.3) is 0 Å². The molecule has 0 radical (unpaired) electrons. The van der Waals surface area contributed by atoms with Crippen molar-refractivity contribution in [1.82, 2.24) is 4.90 Å². The molecule has 1 aliphatic heterocycles. The second-order valence-corrected chi connectivity index (χ2v) is 4.08. The van der Waals surface area contributed by atoms with Crippen molar-refractivity contribution < 1.29 is 9.47 Å². The third-order valence-electron chi connectivity index (χ3n) is 2.94. The van der Waals surface area contributed by atoms with E-state index in [1.807, 2.05) is 13.8 Å². The maximum absolute atomic E-state index is 5.12. The van der Waals surface area contributed by atoms with E-state index in [1.165, 1.54) is 32.4 Å². The Balaban J connectivity index is 0.00000106. The number of hydrogen-bond donors (Lipinski definition) is 0. The molecule has 0 aromatic rings. The van der Waals surface area contributed by atoms with Gasteiger partial charge in [-0.2, -0.15) is 0 Å². The highest BCUT2D eigenvalue weighted by Gasteiger charge is 2.18. The second-order valence-electron chi connectivity index (χ2n) is 4.08. The van der Waals surface area contributed by atoms with Gasteiger partial charge in [0.2, 0.25) is 0 Å². The Kier molecular flexibility index (Phi) is 11.3. The molecular weight excluding hydrogens is 202 g/mol. The van der Waals surface area contributed by atoms with E-state index in [0.29, 0.717) is 0 Å². The summed E-state index contributed by atoms with van der Waals surface area (Å²) in [6.07, 6.45) is 3.91. The SMILES string of the molecule is CC.COCC[C@H]1CCCN(CCOC)C1. The van der Waals surface area contributed by atoms with Crippen molar-refractivity contribution in [2.45, 2.75) is 33.1 Å². The van der Waals surface area contributed by atoms with Gasteiger partial charge in [0, 0.05) is 33.9 Å². The van der Waals surface area contributed by atoms with Gasteiger partial charge < -0.3 is 14.4 Å². The average molecular weight is 231 g/mol. The first-order valence-electron chi connectivity index (χ1n) is 6.57. The molecule has 0 aromatic carbocycles. The number of ether oxygens (including phenoxy) is 2. The predicted molar refractivity (Wildman–Crippen MR) is 68.9 cm³/mol. The van der Waals surface area contributed by atoms with Crippen LogP contribution in [0.25, 0.3) is 0 Å². The molecule has 0 saturated carbocycles. The van der Waals surface area contributed by atoms with Crippen molar-refractivity contribution in [1.29, 1.82) is 0 Å². The summed E-state index contributed by atoms with van der Waals surface area (Å²) >= 11 is 0. The lowest BCUT2D eigenvalue weighted by molar-refractivity contribution is 0.0980. The van der Waals surface area contributed by atoms with E-state index in [4.69, 9.17) is 9.47 Å². The fourth-order valence-electron chi connectivity index (χ4n) is 2.09. The molecule has 0 unspecified atom stereocenters. The maximum Gasteiger partial charge on any atom is 0.0589 e. The molecule has 1 atom stereocenters. The molecule has 0 bridgehead atoms. The summed E-state index contributed by atoms with van der Waals surface area (Å²) in [7, 11) is 3.55. The molecular formula is C13H29NO2. The molecule has 3 nitrogen and oxygen atoms in total. The summed E-state index contributed by atoms with van der Waals surface area (Å²) in [5.74, 6) is 0.834. The van der Waals surface area contributed by atoms with Gasteiger partial charge in [0.1, 0.15) is 0 Å². The highest BCUT2D eigenvalue weighted by molar-refractivity contribution is 4.72. The van der Waals surface area contributed by atoms with Crippen molar-refractivity contribution >= 4 is 0 Å². The van der Waals surface area contributed by atoms with E-state index in [-0.39, 0.29) is 0 Å². The fourth-order valence-corrected chi connectivity index (χ4v) is 2.09. The first-order valence-corrected chi connectivity index (χ1v) is 6.57. The number of nitrogens with zero attached hydrogens (tertiary/aromatic N) is 1. The van der Waals surface area contributed by atoms with E-state index in [9.17, 15) is 0 Å². The minimum atomic E-state index is 0.834. The van der Waals surface area contributed by atoms with Crippen LogP contribution >= 0.6 is 0 Å². The predicted octanol–water partition coefficient (Wildman–Crippen LogP) is 2.41. The van der Waals surface area contributed by atoms with Crippen molar-refractivity contribution in [2.24, 2.45) is 5.92 Å². The Morgan fingerprint density at radius 1 is 1.12 bits per heavy atom. The van der Waals surface area contributed by atoms with Gasteiger partial charge in [-0.15, -0.1) is 0 Å². The molecule has 16 heavy (non-hydrogen) atoms. The van der Waals surface area contributed by atoms with Crippen LogP contribution in [-0.2, 0) is 9.47 Å². The summed E-state index contributed by atoms with van der Waals surface area (Å²) in [4.78, 5) is 2.51. The first-order chi connectivity index (χ1) is 7.86. The Morgan fingerprint density at radius 2 is 1.81 bits per heavy atom. The van der Waals surface area contributed by atoms with Crippen LogP contribution < -0.4 is 0 Å². The van der Waals surface area contributed by atoms with Crippen LogP contribution in [0.3, 0.4) is 0 Å². The van der Waals surface area contributed by atoms with E-state index in [2.05, 4.69) is 4.90 Å². The molecule has 0 N–H and O–H groups in total. The lowest BCUT2D eigenvalue weighted by Gasteiger charge is -2.32. The van der Waals surface area contributed by atoms with E-state index in [1.54, 1.807) is 14.2 Å². The third-order valence-corrected chi connectivity index (χ3v) is 2.94. The molecule has 0 spiro atoms. The highest BCUT2D eigenvalue weighted by Crippen LogP contribution is 2.19. The van der Waals surface area contributed by atoms with Crippen LogP contribution in [0.4, 0.5) is 0 Å². The summed E-state index contributed by atoms with van der Waals surface area (Å²) in [6.45, 7) is 9.32. The molecule has 3 heteroatoms. The zero-order chi connectivity index (χ0) is 12.2. The van der Waals surface area contributed by atoms with Gasteiger partial charge in [-0.3, -0.25) is 0 Å². The van der Waals surface area contributed by atoms with Crippen LogP contribution in [0.15, 0.2) is 0 Å². The van der Waals surface area contributed by atoms with Crippen molar-refractivity contribution in [3.63, 3.8) is 0 Å². The molecule has 0 amide bonds. The molecule has 0 aromatic heterocycles. The Labute approximate surface area is 101 Å². The molecule has 0 aliphatic carbocycles. The number of piperidine rings is 1. The Morgan fingerprint density at radius 3 is 2.44 bits per heavy atom. The molecule has 1 rings (SSSR count). The van der Waals surface area contributed by atoms with Gasteiger partial charge in [-0.25, -0.2) is 0 Å². The minimum Gasteiger partial charge on any atom is -0.385 e. The number of likely N-dealkylation sites (tertiary alicyclic amines) is 1. The fraction of sp³-hybridized carbons (Fsp3) is 1.00. The van der Waals surface area contributed by atoms with Crippen molar-refractivity contribution in [3.8, 4) is 0 Å². The Hall–Kier alpha value is -0.120. The number of hydrogen-bond acceptors (Lipinski definition) is 3. The molecule has 1 aliphatic rings. The zero-order valence-corrected chi connectivity index (χ0v) is 11.5. The van der Waals surface area contributed by atoms with E-state index < -0.39 is 0 Å². The molecule has 1 saturated heterocycles. The smallest absolute Gasteiger partial charge is 0.0589 e. The van der Waals surface area contributed by atoms with Gasteiger partial charge in [0.15, 0.2) is 0 Å². The van der Waals surface area contributed by atoms with Crippen molar-refractivity contribution in [3.05, 3.63) is 0 Å². The second kappa shape index (κ2) is 11.4. The van der Waals surface area contributed by atoms with E-state index >= 15 is 0 Å². The average Bonchev–Trinajstić information content (AvgIpc) is 2.37. The van der Waals surface area contributed by atoms with E-state index in [0.717, 1.165) is 25.7 Å². The largest absolute Gasteiger partial charge is 0.385 e. The standard InChI is InChI=1S/C11H23NO2.C2H6/c1-13-8-5-11-4-3-6-12(10-11)7-9-14-2;1-2/h11H,3-10H2,1-2H3;1-2H3/t11-;/m1./s1. The normalized spacial score (nSPS) is 21.4. The van der Waals surface area contributed by atoms with Gasteiger partial charge in [-0.05, 0) is 31.7 Å². The van der Waals surface area contributed by atoms with Crippen LogP contribution in [0, 0.1) is 5.92 Å². The highest BCUT2D eigenvalue weighted by atomic mass is 16.5. The number of methoxy groups -OCH3 is 2. The minimum absolute atomic E-state index is 0.834. The van der Waals surface area contributed by atoms with Crippen molar-refractivity contribution in [2.75, 3.05) is 47.1 Å². The lowest BCUT2D eigenvalue weighted by atomic mass is 9.95. The van der Waals surface area contributed by atoms with Crippen LogP contribution in [-0.4, -0.2) is 52.0 Å². The Bertz CT molecular complexity index is 128. The molecule has 1 heterocycles. The summed E-state index contributed by atoms with van der Waals surface area (Å²) < 4.78 is 10.2. The first kappa shape index (κ1) is 15.9. The van der Waals surface area contributed by atoms with Gasteiger partial charge >= 0.3 is 0 Å². The quantitative estimate of drug-likeness (QED) is 0.700. The van der Waals surface area contributed by atoms with Crippen LogP contribution in [0.2, 0.25) is 0 Å². The monoisotopic (exact) mass is 231 g/mol. The molecule has 1 fully saturated rings. The topological polar surface area (TPSA) is 21.7 Å². The van der Waals surface area contributed by atoms with Crippen LogP contribution in [0.5, 0.6) is 0 Å². The lowest BCUT2D eigenvalue weighted by Crippen LogP contribution is -2.37. The third kappa shape index (κ3) is 7.20. The zero-order valence-electron chi connectivity index (χ0n) is 11.5.